The second kappa shape index (κ2) is 9.72. The number of hydrogen-bond acceptors (Lipinski definition) is 4. The Balaban J connectivity index is 0.000000223. The number of hydrogen-bond donors (Lipinski definition) is 3. The van der Waals surface area contributed by atoms with Gasteiger partial charge in [-0.15, -0.1) is 0 Å². The third kappa shape index (κ3) is 7.65. The van der Waals surface area contributed by atoms with E-state index in [1.54, 1.807) is 0 Å². The molecule has 1 aromatic carbocycles. The molecule has 2 atom stereocenters. The van der Waals surface area contributed by atoms with Gasteiger partial charge in [-0.3, -0.25) is 4.90 Å². The van der Waals surface area contributed by atoms with Crippen molar-refractivity contribution in [1.82, 2.24) is 20.9 Å². The second-order valence-electron chi connectivity index (χ2n) is 6.52. The maximum atomic E-state index is 12.6. The topological polar surface area (TPSA) is 39.3 Å². The van der Waals surface area contributed by atoms with E-state index in [2.05, 4.69) is 16.0 Å². The average Bonchev–Trinajstić information content (AvgIpc) is 2.63. The Morgan fingerprint density at radius 1 is 0.852 bits per heavy atom. The Morgan fingerprint density at radius 3 is 2.00 bits per heavy atom. The van der Waals surface area contributed by atoms with Gasteiger partial charge in [0.2, 0.25) is 0 Å². The van der Waals surface area contributed by atoms with Crippen LogP contribution in [0.5, 0.6) is 0 Å². The maximum absolute atomic E-state index is 12.6. The van der Waals surface area contributed by atoms with E-state index < -0.39 is 24.4 Å². The predicted molar refractivity (Wildman–Crippen MR) is 90.3 cm³/mol. The molecule has 2 heterocycles. The lowest BCUT2D eigenvalue weighted by atomic mass is 10.1. The van der Waals surface area contributed by atoms with Crippen LogP contribution in [0.1, 0.15) is 5.56 Å². The van der Waals surface area contributed by atoms with E-state index in [1.807, 2.05) is 35.2 Å². The molecule has 2 unspecified atom stereocenters. The SMILES string of the molecule is FC(F)(F)C1CN(Cc2ccccc2)CCN1.FC(F)(F)C1CNCCN1. The molecule has 2 aliphatic rings. The van der Waals surface area contributed by atoms with E-state index in [0.29, 0.717) is 32.7 Å². The zero-order valence-electron chi connectivity index (χ0n) is 14.7. The summed E-state index contributed by atoms with van der Waals surface area (Å²) >= 11 is 0. The van der Waals surface area contributed by atoms with Crippen molar-refractivity contribution in [1.29, 1.82) is 0 Å². The largest absolute Gasteiger partial charge is 0.405 e. The molecular formula is C17H24F6N4. The molecule has 4 nitrogen and oxygen atoms in total. The number of halogens is 6. The van der Waals surface area contributed by atoms with Crippen LogP contribution in [0, 0.1) is 0 Å². The van der Waals surface area contributed by atoms with Crippen LogP contribution in [0.4, 0.5) is 26.3 Å². The Kier molecular flexibility index (Phi) is 7.90. The molecule has 0 saturated carbocycles. The molecule has 0 aromatic heterocycles. The van der Waals surface area contributed by atoms with Gasteiger partial charge in [-0.25, -0.2) is 0 Å². The molecule has 0 radical (unpaired) electrons. The van der Waals surface area contributed by atoms with Crippen LogP contribution in [0.25, 0.3) is 0 Å². The number of piperazine rings is 2. The van der Waals surface area contributed by atoms with Crippen molar-refractivity contribution in [3.05, 3.63) is 35.9 Å². The molecule has 2 aliphatic heterocycles. The third-order valence-electron chi connectivity index (χ3n) is 4.34. The van der Waals surface area contributed by atoms with Gasteiger partial charge in [-0.1, -0.05) is 30.3 Å². The average molecular weight is 398 g/mol. The number of benzene rings is 1. The van der Waals surface area contributed by atoms with Gasteiger partial charge in [-0.05, 0) is 5.56 Å². The minimum absolute atomic E-state index is 0.0104. The highest BCUT2D eigenvalue weighted by Gasteiger charge is 2.42. The van der Waals surface area contributed by atoms with Crippen molar-refractivity contribution in [3.8, 4) is 0 Å². The van der Waals surface area contributed by atoms with Crippen LogP contribution in [0.3, 0.4) is 0 Å². The van der Waals surface area contributed by atoms with Crippen molar-refractivity contribution in [2.75, 3.05) is 39.3 Å². The van der Waals surface area contributed by atoms with E-state index >= 15 is 0 Å². The van der Waals surface area contributed by atoms with E-state index in [1.165, 1.54) is 0 Å². The van der Waals surface area contributed by atoms with E-state index in [-0.39, 0.29) is 13.1 Å². The summed E-state index contributed by atoms with van der Waals surface area (Å²) in [6.07, 6.45) is -8.26. The van der Waals surface area contributed by atoms with Crippen LogP contribution >= 0.6 is 0 Å². The summed E-state index contributed by atoms with van der Waals surface area (Å²) in [6.45, 7) is 2.65. The van der Waals surface area contributed by atoms with Gasteiger partial charge in [0.05, 0.1) is 0 Å². The molecule has 0 bridgehead atoms. The Hall–Kier alpha value is -1.36. The number of alkyl halides is 6. The first-order valence-electron chi connectivity index (χ1n) is 8.73. The molecule has 1 aromatic rings. The van der Waals surface area contributed by atoms with Crippen LogP contribution in [-0.4, -0.2) is 68.6 Å². The van der Waals surface area contributed by atoms with Crippen LogP contribution in [-0.2, 0) is 6.54 Å². The van der Waals surface area contributed by atoms with Gasteiger partial charge in [0, 0.05) is 45.8 Å². The molecule has 0 aliphatic carbocycles. The van der Waals surface area contributed by atoms with Gasteiger partial charge >= 0.3 is 12.4 Å². The first-order chi connectivity index (χ1) is 12.7. The minimum atomic E-state index is -4.16. The Morgan fingerprint density at radius 2 is 1.48 bits per heavy atom. The van der Waals surface area contributed by atoms with Gasteiger partial charge in [0.15, 0.2) is 0 Å². The van der Waals surface area contributed by atoms with Crippen molar-refractivity contribution in [3.63, 3.8) is 0 Å². The summed E-state index contributed by atoms with van der Waals surface area (Å²) in [5.41, 5.74) is 1.05. The molecule has 0 spiro atoms. The van der Waals surface area contributed by atoms with Crippen LogP contribution in [0.2, 0.25) is 0 Å². The molecular weight excluding hydrogens is 374 g/mol. The highest BCUT2D eigenvalue weighted by Crippen LogP contribution is 2.23. The van der Waals surface area contributed by atoms with Gasteiger partial charge in [0.1, 0.15) is 12.1 Å². The zero-order valence-corrected chi connectivity index (χ0v) is 14.7. The maximum Gasteiger partial charge on any atom is 0.405 e. The Bertz CT molecular complexity index is 543. The smallest absolute Gasteiger partial charge is 0.314 e. The fourth-order valence-electron chi connectivity index (χ4n) is 2.90. The first kappa shape index (κ1) is 21.9. The van der Waals surface area contributed by atoms with Crippen LogP contribution < -0.4 is 16.0 Å². The molecule has 2 fully saturated rings. The van der Waals surface area contributed by atoms with Crippen molar-refractivity contribution in [2.24, 2.45) is 0 Å². The lowest BCUT2D eigenvalue weighted by Gasteiger charge is -2.34. The van der Waals surface area contributed by atoms with Gasteiger partial charge in [0.25, 0.3) is 0 Å². The fourth-order valence-corrected chi connectivity index (χ4v) is 2.90. The summed E-state index contributed by atoms with van der Waals surface area (Å²) in [5, 5.41) is 7.54. The monoisotopic (exact) mass is 398 g/mol. The van der Waals surface area contributed by atoms with Crippen molar-refractivity contribution in [2.45, 2.75) is 31.0 Å². The molecule has 3 rings (SSSR count). The molecule has 10 heteroatoms. The quantitative estimate of drug-likeness (QED) is 0.668. The predicted octanol–water partition coefficient (Wildman–Crippen LogP) is 2.13. The first-order valence-corrected chi connectivity index (χ1v) is 8.73. The lowest BCUT2D eigenvalue weighted by molar-refractivity contribution is -0.165. The van der Waals surface area contributed by atoms with E-state index in [4.69, 9.17) is 0 Å². The minimum Gasteiger partial charge on any atom is -0.314 e. The Labute approximate surface area is 154 Å². The summed E-state index contributed by atoms with van der Waals surface area (Å²) in [5.74, 6) is 0. The standard InChI is InChI=1S/C12H15F3N2.C5H9F3N2/c13-12(14,15)11-9-17(7-6-16-11)8-10-4-2-1-3-5-10;6-5(7,8)4-3-9-1-2-10-4/h1-5,11,16H,6-9H2;4,9-10H,1-3H2. The molecule has 154 valence electrons. The summed E-state index contributed by atoms with van der Waals surface area (Å²) in [6, 6.07) is 6.81. The normalized spacial score (nSPS) is 24.8. The van der Waals surface area contributed by atoms with E-state index in [0.717, 1.165) is 5.56 Å². The summed E-state index contributed by atoms with van der Waals surface area (Å²) in [7, 11) is 0. The lowest BCUT2D eigenvalue weighted by Crippen LogP contribution is -2.56. The second-order valence-corrected chi connectivity index (χ2v) is 6.52. The number of nitrogens with one attached hydrogen (secondary N) is 3. The van der Waals surface area contributed by atoms with Crippen LogP contribution in [0.15, 0.2) is 30.3 Å². The highest BCUT2D eigenvalue weighted by molar-refractivity contribution is 5.14. The number of rotatable bonds is 2. The van der Waals surface area contributed by atoms with Crippen molar-refractivity contribution < 1.29 is 26.3 Å². The highest BCUT2D eigenvalue weighted by atomic mass is 19.4. The molecule has 2 saturated heterocycles. The fraction of sp³-hybridized carbons (Fsp3) is 0.647. The zero-order chi connectivity index (χ0) is 19.9. The van der Waals surface area contributed by atoms with Crippen molar-refractivity contribution >= 4 is 0 Å². The van der Waals surface area contributed by atoms with Gasteiger partial charge in [-0.2, -0.15) is 26.3 Å². The number of nitrogens with zero attached hydrogens (tertiary/aromatic N) is 1. The summed E-state index contributed by atoms with van der Waals surface area (Å²) in [4.78, 5) is 1.84. The molecule has 27 heavy (non-hydrogen) atoms. The van der Waals surface area contributed by atoms with E-state index in [9.17, 15) is 26.3 Å². The molecule has 3 N–H and O–H groups in total. The summed E-state index contributed by atoms with van der Waals surface area (Å²) < 4.78 is 73.2. The third-order valence-corrected chi connectivity index (χ3v) is 4.34. The van der Waals surface area contributed by atoms with Gasteiger partial charge < -0.3 is 16.0 Å². The molecule has 0 amide bonds.